The van der Waals surface area contributed by atoms with Gasteiger partial charge >= 0.3 is 5.97 Å². The summed E-state index contributed by atoms with van der Waals surface area (Å²) in [6.07, 6.45) is 1.59. The number of hydrogen-bond donors (Lipinski definition) is 2. The Morgan fingerprint density at radius 1 is 1.04 bits per heavy atom. The van der Waals surface area contributed by atoms with Crippen LogP contribution in [0, 0.1) is 0 Å². The molecule has 0 fully saturated rings. The lowest BCUT2D eigenvalue weighted by atomic mass is 10.2. The van der Waals surface area contributed by atoms with Crippen molar-refractivity contribution in [2.45, 2.75) is 0 Å². The van der Waals surface area contributed by atoms with Crippen LogP contribution in [0.3, 0.4) is 0 Å². The van der Waals surface area contributed by atoms with Crippen molar-refractivity contribution < 1.29 is 9.53 Å². The van der Waals surface area contributed by atoms with Crippen molar-refractivity contribution in [3.63, 3.8) is 0 Å². The van der Waals surface area contributed by atoms with E-state index in [0.29, 0.717) is 38.7 Å². The average molecular weight is 389 g/mol. The van der Waals surface area contributed by atoms with Gasteiger partial charge < -0.3 is 15.4 Å². The number of para-hydroxylation sites is 1. The molecule has 0 aliphatic carbocycles. The van der Waals surface area contributed by atoms with Gasteiger partial charge in [-0.15, -0.1) is 0 Å². The van der Waals surface area contributed by atoms with Crippen molar-refractivity contribution >= 4 is 52.3 Å². The van der Waals surface area contributed by atoms with E-state index >= 15 is 0 Å². The van der Waals surface area contributed by atoms with Gasteiger partial charge in [0.1, 0.15) is 5.82 Å². The number of carbonyl (C=O) groups is 1. The first kappa shape index (κ1) is 18.0. The van der Waals surface area contributed by atoms with Crippen LogP contribution in [0.1, 0.15) is 10.4 Å². The fourth-order valence-electron chi connectivity index (χ4n) is 2.26. The number of benzene rings is 2. The average Bonchev–Trinajstić information content (AvgIpc) is 2.61. The Morgan fingerprint density at radius 3 is 2.50 bits per heavy atom. The lowest BCUT2D eigenvalue weighted by molar-refractivity contribution is 0.0602. The first-order valence-corrected chi connectivity index (χ1v) is 8.31. The summed E-state index contributed by atoms with van der Waals surface area (Å²) >= 11 is 12.0. The van der Waals surface area contributed by atoms with Gasteiger partial charge in [0, 0.05) is 21.9 Å². The Kier molecular flexibility index (Phi) is 5.55. The molecule has 0 amide bonds. The first-order chi connectivity index (χ1) is 12.5. The van der Waals surface area contributed by atoms with Crippen molar-refractivity contribution in [1.82, 2.24) is 9.97 Å². The van der Waals surface area contributed by atoms with Crippen LogP contribution in [0.5, 0.6) is 0 Å². The molecule has 2 N–H and O–H groups in total. The summed E-state index contributed by atoms with van der Waals surface area (Å²) in [5.74, 6) is 0.421. The van der Waals surface area contributed by atoms with Crippen molar-refractivity contribution in [3.05, 3.63) is 70.3 Å². The van der Waals surface area contributed by atoms with Crippen LogP contribution < -0.4 is 10.6 Å². The van der Waals surface area contributed by atoms with Gasteiger partial charge in [-0.2, -0.15) is 4.98 Å². The van der Waals surface area contributed by atoms with Crippen LogP contribution in [0.4, 0.5) is 23.1 Å². The lowest BCUT2D eigenvalue weighted by Gasteiger charge is -2.11. The second kappa shape index (κ2) is 8.03. The molecule has 0 unspecified atom stereocenters. The monoisotopic (exact) mass is 388 g/mol. The van der Waals surface area contributed by atoms with E-state index in [9.17, 15) is 4.79 Å². The molecular formula is C18H14Cl2N4O2. The molecule has 0 bridgehead atoms. The first-order valence-electron chi connectivity index (χ1n) is 7.55. The highest BCUT2D eigenvalue weighted by Crippen LogP contribution is 2.25. The van der Waals surface area contributed by atoms with E-state index in [2.05, 4.69) is 20.6 Å². The number of hydrogen-bond acceptors (Lipinski definition) is 6. The molecule has 0 aliphatic rings. The minimum Gasteiger partial charge on any atom is -0.465 e. The highest BCUT2D eigenvalue weighted by Gasteiger charge is 2.11. The molecule has 0 saturated heterocycles. The van der Waals surface area contributed by atoms with Gasteiger partial charge in [-0.25, -0.2) is 9.78 Å². The highest BCUT2D eigenvalue weighted by atomic mass is 35.5. The van der Waals surface area contributed by atoms with Gasteiger partial charge in [-0.05, 0) is 36.4 Å². The summed E-state index contributed by atoms with van der Waals surface area (Å²) in [7, 11) is 1.34. The molecule has 3 rings (SSSR count). The van der Waals surface area contributed by atoms with Crippen LogP contribution >= 0.6 is 23.2 Å². The molecule has 132 valence electrons. The SMILES string of the molecule is COC(=O)c1ccccc1Nc1ccnc(Nc2cc(Cl)cc(Cl)c2)n1. The van der Waals surface area contributed by atoms with E-state index in [0.717, 1.165) is 0 Å². The molecule has 0 spiro atoms. The molecular weight excluding hydrogens is 375 g/mol. The Hall–Kier alpha value is -2.83. The molecule has 0 atom stereocenters. The number of esters is 1. The molecule has 0 saturated carbocycles. The molecule has 0 aliphatic heterocycles. The maximum Gasteiger partial charge on any atom is 0.339 e. The largest absolute Gasteiger partial charge is 0.465 e. The number of nitrogens with one attached hydrogen (secondary N) is 2. The zero-order valence-electron chi connectivity index (χ0n) is 13.7. The van der Waals surface area contributed by atoms with Gasteiger partial charge in [0.2, 0.25) is 5.95 Å². The molecule has 6 nitrogen and oxygen atoms in total. The Morgan fingerprint density at radius 2 is 1.77 bits per heavy atom. The third-order valence-corrected chi connectivity index (χ3v) is 3.81. The lowest BCUT2D eigenvalue weighted by Crippen LogP contribution is -2.06. The number of nitrogens with zero attached hydrogens (tertiary/aromatic N) is 2. The van der Waals surface area contributed by atoms with Crippen molar-refractivity contribution in [2.75, 3.05) is 17.7 Å². The Bertz CT molecular complexity index is 930. The molecule has 1 heterocycles. The van der Waals surface area contributed by atoms with E-state index in [-0.39, 0.29) is 0 Å². The second-order valence-corrected chi connectivity index (χ2v) is 6.08. The molecule has 3 aromatic rings. The van der Waals surface area contributed by atoms with Gasteiger partial charge in [0.15, 0.2) is 0 Å². The van der Waals surface area contributed by atoms with Crippen LogP contribution in [-0.4, -0.2) is 23.0 Å². The predicted octanol–water partition coefficient (Wildman–Crippen LogP) is 5.06. The summed E-state index contributed by atoms with van der Waals surface area (Å²) in [5, 5.41) is 7.13. The fraction of sp³-hybridized carbons (Fsp3) is 0.0556. The second-order valence-electron chi connectivity index (χ2n) is 5.21. The molecule has 8 heteroatoms. The summed E-state index contributed by atoms with van der Waals surface area (Å²) in [4.78, 5) is 20.4. The van der Waals surface area contributed by atoms with Gasteiger partial charge in [-0.3, -0.25) is 0 Å². The fourth-order valence-corrected chi connectivity index (χ4v) is 2.79. The van der Waals surface area contributed by atoms with Crippen LogP contribution in [-0.2, 0) is 4.74 Å². The van der Waals surface area contributed by atoms with E-state index in [1.165, 1.54) is 7.11 Å². The quantitative estimate of drug-likeness (QED) is 0.595. The molecule has 26 heavy (non-hydrogen) atoms. The van der Waals surface area contributed by atoms with Gasteiger partial charge in [0.05, 0.1) is 18.4 Å². The van der Waals surface area contributed by atoms with Crippen molar-refractivity contribution in [1.29, 1.82) is 0 Å². The van der Waals surface area contributed by atoms with Gasteiger partial charge in [0.25, 0.3) is 0 Å². The minimum absolute atomic E-state index is 0.351. The maximum atomic E-state index is 11.9. The summed E-state index contributed by atoms with van der Waals surface area (Å²) < 4.78 is 4.79. The number of methoxy groups -OCH3 is 1. The number of carbonyl (C=O) groups excluding carboxylic acids is 1. The smallest absolute Gasteiger partial charge is 0.339 e. The summed E-state index contributed by atoms with van der Waals surface area (Å²) in [6, 6.07) is 13.7. The summed E-state index contributed by atoms with van der Waals surface area (Å²) in [5.41, 5.74) is 1.65. The van der Waals surface area contributed by atoms with Crippen LogP contribution in [0.2, 0.25) is 10.0 Å². The molecule has 2 aromatic carbocycles. The zero-order valence-corrected chi connectivity index (χ0v) is 15.2. The standard InChI is InChI=1S/C18H14Cl2N4O2/c1-26-17(25)14-4-2-3-5-15(14)23-16-6-7-21-18(24-16)22-13-9-11(19)8-12(20)10-13/h2-10H,1H3,(H2,21,22,23,24). The van der Waals surface area contributed by atoms with Crippen LogP contribution in [0.15, 0.2) is 54.7 Å². The van der Waals surface area contributed by atoms with Gasteiger partial charge in [-0.1, -0.05) is 35.3 Å². The van der Waals surface area contributed by atoms with E-state index < -0.39 is 5.97 Å². The minimum atomic E-state index is -0.436. The van der Waals surface area contributed by atoms with E-state index in [4.69, 9.17) is 27.9 Å². The number of ether oxygens (including phenoxy) is 1. The Balaban J connectivity index is 1.83. The maximum absolute atomic E-state index is 11.9. The number of halogens is 2. The highest BCUT2D eigenvalue weighted by molar-refractivity contribution is 6.35. The van der Waals surface area contributed by atoms with Crippen molar-refractivity contribution in [2.24, 2.45) is 0 Å². The topological polar surface area (TPSA) is 76.1 Å². The van der Waals surface area contributed by atoms with E-state index in [1.807, 2.05) is 6.07 Å². The Labute approximate surface area is 160 Å². The number of anilines is 4. The third kappa shape index (κ3) is 4.41. The normalized spacial score (nSPS) is 10.3. The zero-order chi connectivity index (χ0) is 18.5. The van der Waals surface area contributed by atoms with E-state index in [1.54, 1.807) is 48.7 Å². The summed E-state index contributed by atoms with van der Waals surface area (Å²) in [6.45, 7) is 0. The van der Waals surface area contributed by atoms with Crippen molar-refractivity contribution in [3.8, 4) is 0 Å². The molecule has 1 aromatic heterocycles. The number of aromatic nitrogens is 2. The third-order valence-electron chi connectivity index (χ3n) is 3.37. The number of rotatable bonds is 5. The van der Waals surface area contributed by atoms with Crippen LogP contribution in [0.25, 0.3) is 0 Å². The predicted molar refractivity (Wildman–Crippen MR) is 103 cm³/mol. The molecule has 0 radical (unpaired) electrons.